The van der Waals surface area contributed by atoms with Gasteiger partial charge in [0.15, 0.2) is 34.5 Å². The molecule has 4 aromatic carbocycles. The molecule has 0 bridgehead atoms. The molecule has 0 aromatic heterocycles. The second kappa shape index (κ2) is 4.79. The first-order chi connectivity index (χ1) is 12.2. The Kier molecular flexibility index (Phi) is 2.87. The minimum atomic E-state index is -0.540. The topological polar surface area (TPSA) is 173 Å². The highest BCUT2D eigenvalue weighted by atomic mass is 16.3. The summed E-state index contributed by atoms with van der Waals surface area (Å²) in [5, 5.41) is 61.6. The molecule has 0 atom stereocenters. The maximum Gasteiger partial charge on any atom is 0.181 e. The highest BCUT2D eigenvalue weighted by Gasteiger charge is 2.21. The van der Waals surface area contributed by atoms with Crippen LogP contribution in [0.15, 0.2) is 24.3 Å². The summed E-state index contributed by atoms with van der Waals surface area (Å²) in [6.07, 6.45) is 0. The van der Waals surface area contributed by atoms with Gasteiger partial charge in [-0.1, -0.05) is 0 Å². The number of hydrogen-bond donors (Lipinski definition) is 8. The zero-order valence-electron chi connectivity index (χ0n) is 13.1. The number of aromatic hydroxyl groups is 6. The van der Waals surface area contributed by atoms with E-state index in [0.717, 1.165) is 0 Å². The summed E-state index contributed by atoms with van der Waals surface area (Å²) in [5.74, 6) is -2.89. The van der Waals surface area contributed by atoms with Crippen LogP contribution in [0, 0.1) is 0 Å². The summed E-state index contributed by atoms with van der Waals surface area (Å²) in [6, 6.07) is 4.95. The molecule has 0 aliphatic carbocycles. The predicted octanol–water partition coefficient (Wildman–Crippen LogP) is 2.54. The van der Waals surface area contributed by atoms with Crippen molar-refractivity contribution in [1.29, 1.82) is 0 Å². The molecular formula is C18H14N2O6. The maximum atomic E-state index is 10.0. The Balaban J connectivity index is 2.48. The van der Waals surface area contributed by atoms with E-state index in [1.54, 1.807) is 0 Å². The van der Waals surface area contributed by atoms with Crippen LogP contribution < -0.4 is 11.5 Å². The van der Waals surface area contributed by atoms with E-state index < -0.39 is 34.5 Å². The molecule has 0 aliphatic rings. The fourth-order valence-electron chi connectivity index (χ4n) is 3.35. The van der Waals surface area contributed by atoms with E-state index in [1.807, 2.05) is 0 Å². The van der Waals surface area contributed by atoms with Gasteiger partial charge in [0, 0.05) is 10.8 Å². The summed E-state index contributed by atoms with van der Waals surface area (Å²) < 4.78 is 0. The summed E-state index contributed by atoms with van der Waals surface area (Å²) >= 11 is 0. The van der Waals surface area contributed by atoms with Crippen molar-refractivity contribution < 1.29 is 30.6 Å². The molecule has 0 heterocycles. The predicted molar refractivity (Wildman–Crippen MR) is 97.8 cm³/mol. The summed E-state index contributed by atoms with van der Waals surface area (Å²) in [5.41, 5.74) is 11.6. The fourth-order valence-corrected chi connectivity index (χ4v) is 3.35. The number of nitrogens with two attached hydrogens (primary N) is 2. The molecule has 0 unspecified atom stereocenters. The van der Waals surface area contributed by atoms with Crippen LogP contribution in [0.3, 0.4) is 0 Å². The molecule has 0 saturated carbocycles. The van der Waals surface area contributed by atoms with Gasteiger partial charge in [-0.25, -0.2) is 0 Å². The number of rotatable bonds is 0. The van der Waals surface area contributed by atoms with Crippen molar-refractivity contribution in [2.75, 3.05) is 11.5 Å². The third-order valence-electron chi connectivity index (χ3n) is 4.58. The molecule has 0 spiro atoms. The summed E-state index contributed by atoms with van der Waals surface area (Å²) in [7, 11) is 0. The van der Waals surface area contributed by atoms with Gasteiger partial charge in [0.05, 0.1) is 11.4 Å². The van der Waals surface area contributed by atoms with E-state index >= 15 is 0 Å². The van der Waals surface area contributed by atoms with Gasteiger partial charge in [-0.05, 0) is 45.8 Å². The number of phenols is 6. The Labute approximate surface area is 145 Å². The monoisotopic (exact) mass is 354 g/mol. The van der Waals surface area contributed by atoms with Crippen LogP contribution in [0.25, 0.3) is 32.3 Å². The smallest absolute Gasteiger partial charge is 0.181 e. The minimum absolute atomic E-state index is 0.150. The van der Waals surface area contributed by atoms with Crippen molar-refractivity contribution in [2.45, 2.75) is 0 Å². The van der Waals surface area contributed by atoms with Crippen LogP contribution in [0.1, 0.15) is 0 Å². The molecule has 26 heavy (non-hydrogen) atoms. The van der Waals surface area contributed by atoms with Gasteiger partial charge >= 0.3 is 0 Å². The molecule has 8 heteroatoms. The summed E-state index contributed by atoms with van der Waals surface area (Å²) in [4.78, 5) is 0. The highest BCUT2D eigenvalue weighted by Crippen LogP contribution is 2.50. The normalized spacial score (nSPS) is 11.5. The van der Waals surface area contributed by atoms with Gasteiger partial charge in [0.2, 0.25) is 0 Å². The van der Waals surface area contributed by atoms with E-state index in [9.17, 15) is 30.6 Å². The van der Waals surface area contributed by atoms with Gasteiger partial charge in [-0.15, -0.1) is 0 Å². The maximum absolute atomic E-state index is 10.0. The quantitative estimate of drug-likeness (QED) is 0.135. The van der Waals surface area contributed by atoms with E-state index in [0.29, 0.717) is 21.5 Å². The third kappa shape index (κ3) is 1.78. The third-order valence-corrected chi connectivity index (χ3v) is 4.58. The van der Waals surface area contributed by atoms with E-state index in [1.165, 1.54) is 24.3 Å². The van der Waals surface area contributed by atoms with Gasteiger partial charge in [-0.2, -0.15) is 0 Å². The van der Waals surface area contributed by atoms with Crippen LogP contribution in [0.5, 0.6) is 34.5 Å². The average Bonchev–Trinajstić information content (AvgIpc) is 2.59. The molecule has 0 aliphatic heterocycles. The lowest BCUT2D eigenvalue weighted by molar-refractivity contribution is 0.405. The highest BCUT2D eigenvalue weighted by molar-refractivity contribution is 6.32. The molecule has 8 nitrogen and oxygen atoms in total. The van der Waals surface area contributed by atoms with Crippen molar-refractivity contribution in [3.63, 3.8) is 0 Å². The van der Waals surface area contributed by atoms with Crippen molar-refractivity contribution >= 4 is 43.7 Å². The Morgan fingerprint density at radius 2 is 0.731 bits per heavy atom. The molecule has 0 amide bonds. The van der Waals surface area contributed by atoms with Crippen LogP contribution in [-0.4, -0.2) is 30.6 Å². The molecule has 4 aromatic rings. The number of hydrogen-bond acceptors (Lipinski definition) is 8. The Hall–Kier alpha value is -3.94. The molecule has 0 radical (unpaired) electrons. The van der Waals surface area contributed by atoms with E-state index in [-0.39, 0.29) is 22.1 Å². The standard InChI is InChI=1S/C18H14N2O6/c19-15-13-5-1-9(21)10(22)2-6(5)14-8(4-12(24)18(26)16(14)20)7(13)3-11(23)17(15)25/h1-4,21-26H,19-20H2. The largest absolute Gasteiger partial charge is 0.504 e. The molecular weight excluding hydrogens is 340 g/mol. The number of benzene rings is 4. The number of fused-ring (bicyclic) bond motifs is 6. The first kappa shape index (κ1) is 15.6. The Morgan fingerprint density at radius 1 is 0.462 bits per heavy atom. The summed E-state index contributed by atoms with van der Waals surface area (Å²) in [6.45, 7) is 0. The van der Waals surface area contributed by atoms with Gasteiger partial charge in [-0.3, -0.25) is 0 Å². The second-order valence-electron chi connectivity index (χ2n) is 6.05. The average molecular weight is 354 g/mol. The lowest BCUT2D eigenvalue weighted by atomic mass is 9.91. The first-order valence-corrected chi connectivity index (χ1v) is 7.48. The van der Waals surface area contributed by atoms with Crippen LogP contribution in [-0.2, 0) is 0 Å². The van der Waals surface area contributed by atoms with Crippen LogP contribution >= 0.6 is 0 Å². The van der Waals surface area contributed by atoms with Crippen LogP contribution in [0.2, 0.25) is 0 Å². The Morgan fingerprint density at radius 3 is 1.04 bits per heavy atom. The van der Waals surface area contributed by atoms with Crippen molar-refractivity contribution in [3.8, 4) is 34.5 Å². The fraction of sp³-hybridized carbons (Fsp3) is 0. The van der Waals surface area contributed by atoms with E-state index in [2.05, 4.69) is 0 Å². The van der Waals surface area contributed by atoms with Gasteiger partial charge in [0.25, 0.3) is 0 Å². The van der Waals surface area contributed by atoms with Gasteiger partial charge < -0.3 is 42.1 Å². The van der Waals surface area contributed by atoms with E-state index in [4.69, 9.17) is 11.5 Å². The molecule has 4 rings (SSSR count). The van der Waals surface area contributed by atoms with Gasteiger partial charge in [0.1, 0.15) is 0 Å². The second-order valence-corrected chi connectivity index (χ2v) is 6.05. The molecule has 0 fully saturated rings. The number of anilines is 2. The van der Waals surface area contributed by atoms with Crippen molar-refractivity contribution in [2.24, 2.45) is 0 Å². The zero-order valence-corrected chi connectivity index (χ0v) is 13.1. The first-order valence-electron chi connectivity index (χ1n) is 7.48. The zero-order chi connectivity index (χ0) is 18.9. The Bertz CT molecular complexity index is 1130. The lowest BCUT2D eigenvalue weighted by Gasteiger charge is -2.17. The molecule has 0 saturated heterocycles. The number of phenolic OH excluding ortho intramolecular Hbond substituents is 6. The SMILES string of the molecule is Nc1c(O)c(O)cc2c3cc(O)c(O)c(N)c3c3cc(O)c(O)cc3c12. The van der Waals surface area contributed by atoms with Crippen molar-refractivity contribution in [3.05, 3.63) is 24.3 Å². The molecule has 10 N–H and O–H groups in total. The number of nitrogen functional groups attached to an aromatic ring is 2. The van der Waals surface area contributed by atoms with Crippen molar-refractivity contribution in [1.82, 2.24) is 0 Å². The lowest BCUT2D eigenvalue weighted by Crippen LogP contribution is -1.95. The molecule has 132 valence electrons. The minimum Gasteiger partial charge on any atom is -0.504 e. The van der Waals surface area contributed by atoms with Crippen LogP contribution in [0.4, 0.5) is 11.4 Å².